The largest absolute Gasteiger partial charge is 0.483 e. The van der Waals surface area contributed by atoms with Crippen LogP contribution in [0, 0.1) is 5.92 Å². The van der Waals surface area contributed by atoms with Crippen LogP contribution in [0.1, 0.15) is 30.1 Å². The molecule has 1 amide bonds. The fraction of sp³-hybridized carbons (Fsp3) is 0.467. The van der Waals surface area contributed by atoms with Gasteiger partial charge in [0.2, 0.25) is 0 Å². The second-order valence-electron chi connectivity index (χ2n) is 5.30. The normalized spacial score (nSPS) is 15.8. The first-order valence-corrected chi connectivity index (χ1v) is 7.28. The van der Waals surface area contributed by atoms with Crippen molar-refractivity contribution in [3.63, 3.8) is 0 Å². The number of benzene rings is 1. The molecule has 2 rings (SSSR count). The minimum Gasteiger partial charge on any atom is -0.483 e. The van der Waals surface area contributed by atoms with Gasteiger partial charge < -0.3 is 14.7 Å². The van der Waals surface area contributed by atoms with Crippen LogP contribution in [0.15, 0.2) is 18.2 Å². The minimum atomic E-state index is -1.11. The summed E-state index contributed by atoms with van der Waals surface area (Å²) in [7, 11) is 0. The molecule has 0 spiro atoms. The quantitative estimate of drug-likeness (QED) is 0.928. The van der Waals surface area contributed by atoms with Gasteiger partial charge in [-0.3, -0.25) is 4.79 Å². The van der Waals surface area contributed by atoms with Crippen LogP contribution in [0.3, 0.4) is 0 Å². The van der Waals surface area contributed by atoms with Gasteiger partial charge in [0.25, 0.3) is 5.91 Å². The predicted octanol–water partition coefficient (Wildman–Crippen LogP) is 2.68. The van der Waals surface area contributed by atoms with E-state index in [1.165, 1.54) is 18.2 Å². The van der Waals surface area contributed by atoms with E-state index in [0.29, 0.717) is 10.9 Å². The molecule has 1 heterocycles. The van der Waals surface area contributed by atoms with E-state index in [2.05, 4.69) is 6.92 Å². The van der Waals surface area contributed by atoms with Crippen molar-refractivity contribution < 1.29 is 19.4 Å². The van der Waals surface area contributed by atoms with Crippen LogP contribution >= 0.6 is 11.6 Å². The fourth-order valence-electron chi connectivity index (χ4n) is 2.28. The Balaban J connectivity index is 1.98. The van der Waals surface area contributed by atoms with Gasteiger partial charge in [-0.1, -0.05) is 18.5 Å². The minimum absolute atomic E-state index is 0.000494. The Morgan fingerprint density at radius 1 is 1.38 bits per heavy atom. The standard InChI is InChI=1S/C15H18ClNO4/c1-10-4-6-17(7-5-10)14(18)9-21-13-8-11(16)2-3-12(13)15(19)20/h2-3,8,10H,4-7,9H2,1H3,(H,19,20). The number of carbonyl (C=O) groups excluding carboxylic acids is 1. The number of amides is 1. The maximum atomic E-state index is 12.1. The second-order valence-corrected chi connectivity index (χ2v) is 5.73. The number of aromatic carboxylic acids is 1. The Bertz CT molecular complexity index is 538. The molecule has 0 saturated carbocycles. The van der Waals surface area contributed by atoms with Crippen molar-refractivity contribution in [1.82, 2.24) is 4.90 Å². The van der Waals surface area contributed by atoms with Crippen molar-refractivity contribution in [3.05, 3.63) is 28.8 Å². The van der Waals surface area contributed by atoms with Crippen molar-refractivity contribution in [3.8, 4) is 5.75 Å². The summed E-state index contributed by atoms with van der Waals surface area (Å²) >= 11 is 5.83. The number of hydrogen-bond acceptors (Lipinski definition) is 3. The fourth-order valence-corrected chi connectivity index (χ4v) is 2.44. The molecular formula is C15H18ClNO4. The Hall–Kier alpha value is -1.75. The van der Waals surface area contributed by atoms with Gasteiger partial charge in [0.05, 0.1) is 0 Å². The Labute approximate surface area is 128 Å². The molecule has 0 unspecified atom stereocenters. The third kappa shape index (κ3) is 4.11. The topological polar surface area (TPSA) is 66.8 Å². The molecule has 5 nitrogen and oxygen atoms in total. The van der Waals surface area contributed by atoms with Crippen LogP contribution in [0.25, 0.3) is 0 Å². The van der Waals surface area contributed by atoms with Crippen molar-refractivity contribution >= 4 is 23.5 Å². The lowest BCUT2D eigenvalue weighted by Gasteiger charge is -2.30. The lowest BCUT2D eigenvalue weighted by molar-refractivity contribution is -0.134. The van der Waals surface area contributed by atoms with E-state index < -0.39 is 5.97 Å². The maximum Gasteiger partial charge on any atom is 0.339 e. The van der Waals surface area contributed by atoms with Crippen molar-refractivity contribution in [1.29, 1.82) is 0 Å². The van der Waals surface area contributed by atoms with Gasteiger partial charge >= 0.3 is 5.97 Å². The first-order chi connectivity index (χ1) is 9.97. The van der Waals surface area contributed by atoms with Gasteiger partial charge in [0.15, 0.2) is 6.61 Å². The van der Waals surface area contributed by atoms with Crippen molar-refractivity contribution in [2.24, 2.45) is 5.92 Å². The van der Waals surface area contributed by atoms with Gasteiger partial charge in [0.1, 0.15) is 11.3 Å². The van der Waals surface area contributed by atoms with Gasteiger partial charge in [0, 0.05) is 18.1 Å². The zero-order chi connectivity index (χ0) is 15.4. The summed E-state index contributed by atoms with van der Waals surface area (Å²) < 4.78 is 5.36. The summed E-state index contributed by atoms with van der Waals surface area (Å²) in [6.07, 6.45) is 1.98. The van der Waals surface area contributed by atoms with Crippen LogP contribution in [0.4, 0.5) is 0 Å². The number of piperidine rings is 1. The van der Waals surface area contributed by atoms with Crippen molar-refractivity contribution in [2.75, 3.05) is 19.7 Å². The zero-order valence-electron chi connectivity index (χ0n) is 11.8. The summed E-state index contributed by atoms with van der Waals surface area (Å²) in [6, 6.07) is 4.26. The number of rotatable bonds is 4. The molecule has 21 heavy (non-hydrogen) atoms. The summed E-state index contributed by atoms with van der Waals surface area (Å²) in [6.45, 7) is 3.45. The Kier molecular flexibility index (Phi) is 5.07. The van der Waals surface area contributed by atoms with E-state index in [0.717, 1.165) is 25.9 Å². The maximum absolute atomic E-state index is 12.1. The lowest BCUT2D eigenvalue weighted by atomic mass is 9.99. The smallest absolute Gasteiger partial charge is 0.339 e. The average molecular weight is 312 g/mol. The van der Waals surface area contributed by atoms with Gasteiger partial charge in [-0.05, 0) is 37.0 Å². The molecule has 1 N–H and O–H groups in total. The molecule has 0 bridgehead atoms. The number of halogens is 1. The number of carbonyl (C=O) groups is 2. The van der Waals surface area contributed by atoms with Crippen molar-refractivity contribution in [2.45, 2.75) is 19.8 Å². The first-order valence-electron chi connectivity index (χ1n) is 6.91. The van der Waals surface area contributed by atoms with Crippen LogP contribution in [-0.2, 0) is 4.79 Å². The van der Waals surface area contributed by atoms with Crippen LogP contribution in [-0.4, -0.2) is 41.6 Å². The molecular weight excluding hydrogens is 294 g/mol. The predicted molar refractivity (Wildman–Crippen MR) is 78.9 cm³/mol. The number of carboxylic acids is 1. The van der Waals surface area contributed by atoms with Gasteiger partial charge in [-0.15, -0.1) is 0 Å². The summed E-state index contributed by atoms with van der Waals surface area (Å²) in [5.41, 5.74) is -0.000494. The highest BCUT2D eigenvalue weighted by Crippen LogP contribution is 2.24. The van der Waals surface area contributed by atoms with E-state index in [1.54, 1.807) is 4.90 Å². The van der Waals surface area contributed by atoms with Crippen LogP contribution in [0.5, 0.6) is 5.75 Å². The average Bonchev–Trinajstić information content (AvgIpc) is 2.45. The molecule has 1 aliphatic heterocycles. The molecule has 1 aromatic rings. The van der Waals surface area contributed by atoms with Crippen LogP contribution < -0.4 is 4.74 Å². The van der Waals surface area contributed by atoms with E-state index >= 15 is 0 Å². The highest BCUT2D eigenvalue weighted by molar-refractivity contribution is 6.30. The molecule has 1 aromatic carbocycles. The third-order valence-corrected chi connectivity index (χ3v) is 3.90. The van der Waals surface area contributed by atoms with E-state index in [-0.39, 0.29) is 23.8 Å². The van der Waals surface area contributed by atoms with E-state index in [1.807, 2.05) is 0 Å². The monoisotopic (exact) mass is 311 g/mol. The summed E-state index contributed by atoms with van der Waals surface area (Å²) in [5, 5.41) is 9.45. The number of likely N-dealkylation sites (tertiary alicyclic amines) is 1. The van der Waals surface area contributed by atoms with Crippen LogP contribution in [0.2, 0.25) is 5.02 Å². The Morgan fingerprint density at radius 3 is 2.67 bits per heavy atom. The molecule has 0 aliphatic carbocycles. The Morgan fingerprint density at radius 2 is 2.05 bits per heavy atom. The first kappa shape index (κ1) is 15.6. The summed E-state index contributed by atoms with van der Waals surface area (Å²) in [5.74, 6) is -0.477. The highest BCUT2D eigenvalue weighted by atomic mass is 35.5. The molecule has 0 aromatic heterocycles. The molecule has 1 fully saturated rings. The molecule has 1 aliphatic rings. The molecule has 114 valence electrons. The van der Waals surface area contributed by atoms with E-state index in [9.17, 15) is 9.59 Å². The second kappa shape index (κ2) is 6.80. The zero-order valence-corrected chi connectivity index (χ0v) is 12.6. The van der Waals surface area contributed by atoms with Gasteiger partial charge in [-0.2, -0.15) is 0 Å². The molecule has 0 radical (unpaired) electrons. The lowest BCUT2D eigenvalue weighted by Crippen LogP contribution is -2.40. The SMILES string of the molecule is CC1CCN(C(=O)COc2cc(Cl)ccc2C(=O)O)CC1. The molecule has 0 atom stereocenters. The number of ether oxygens (including phenoxy) is 1. The number of nitrogens with zero attached hydrogens (tertiary/aromatic N) is 1. The highest BCUT2D eigenvalue weighted by Gasteiger charge is 2.21. The molecule has 6 heteroatoms. The van der Waals surface area contributed by atoms with E-state index in [4.69, 9.17) is 21.4 Å². The third-order valence-electron chi connectivity index (χ3n) is 3.66. The summed E-state index contributed by atoms with van der Waals surface area (Å²) in [4.78, 5) is 24.9. The number of carboxylic acid groups (broad SMARTS) is 1. The number of hydrogen-bond donors (Lipinski definition) is 1. The van der Waals surface area contributed by atoms with Gasteiger partial charge in [-0.25, -0.2) is 4.79 Å². The molecule has 1 saturated heterocycles.